The number of rotatable bonds is 3. The summed E-state index contributed by atoms with van der Waals surface area (Å²) in [5.41, 5.74) is 0. The molecule has 3 heteroatoms. The van der Waals surface area contributed by atoms with Crippen molar-refractivity contribution in [3.05, 3.63) is 0 Å². The average Bonchev–Trinajstić information content (AvgIpc) is 2.38. The van der Waals surface area contributed by atoms with Gasteiger partial charge in [-0.1, -0.05) is 19.8 Å². The first-order chi connectivity index (χ1) is 5.66. The molecule has 1 fully saturated rings. The molecule has 12 heavy (non-hydrogen) atoms. The number of aliphatic hydroxyl groups excluding tert-OH is 1. The molecule has 0 aliphatic heterocycles. The van der Waals surface area contributed by atoms with Crippen LogP contribution in [-0.4, -0.2) is 22.8 Å². The second-order valence-corrected chi connectivity index (χ2v) is 3.70. The third-order valence-corrected chi connectivity index (χ3v) is 2.96. The van der Waals surface area contributed by atoms with Crippen molar-refractivity contribution < 1.29 is 15.0 Å². The lowest BCUT2D eigenvalue weighted by Gasteiger charge is -2.20. The van der Waals surface area contributed by atoms with Crippen LogP contribution in [0, 0.1) is 17.8 Å². The monoisotopic (exact) mass is 172 g/mol. The summed E-state index contributed by atoms with van der Waals surface area (Å²) in [5.74, 6) is -0.746. The van der Waals surface area contributed by atoms with Crippen molar-refractivity contribution in [1.29, 1.82) is 0 Å². The minimum atomic E-state index is -0.851. The number of carbonyl (C=O) groups is 1. The van der Waals surface area contributed by atoms with E-state index in [1.165, 1.54) is 0 Å². The van der Waals surface area contributed by atoms with Crippen molar-refractivity contribution in [1.82, 2.24) is 0 Å². The van der Waals surface area contributed by atoms with Gasteiger partial charge in [-0.15, -0.1) is 0 Å². The number of carboxylic acid groups (broad SMARTS) is 1. The van der Waals surface area contributed by atoms with Crippen molar-refractivity contribution in [3.63, 3.8) is 0 Å². The Kier molecular flexibility index (Phi) is 3.09. The van der Waals surface area contributed by atoms with Gasteiger partial charge in [0.2, 0.25) is 0 Å². The Hall–Kier alpha value is -0.570. The maximum Gasteiger partial charge on any atom is 0.309 e. The topological polar surface area (TPSA) is 57.5 Å². The summed E-state index contributed by atoms with van der Waals surface area (Å²) >= 11 is 0. The second kappa shape index (κ2) is 3.90. The Balaban J connectivity index is 2.58. The van der Waals surface area contributed by atoms with Gasteiger partial charge in [-0.05, 0) is 18.3 Å². The van der Waals surface area contributed by atoms with Crippen LogP contribution in [0.15, 0.2) is 0 Å². The molecule has 1 aliphatic rings. The van der Waals surface area contributed by atoms with Crippen LogP contribution in [0.3, 0.4) is 0 Å². The highest BCUT2D eigenvalue weighted by molar-refractivity contribution is 5.70. The highest BCUT2D eigenvalue weighted by Gasteiger charge is 2.34. The Morgan fingerprint density at radius 2 is 2.25 bits per heavy atom. The Morgan fingerprint density at radius 3 is 2.58 bits per heavy atom. The molecule has 3 unspecified atom stereocenters. The first kappa shape index (κ1) is 9.52. The van der Waals surface area contributed by atoms with E-state index in [4.69, 9.17) is 10.2 Å². The van der Waals surface area contributed by atoms with Crippen molar-refractivity contribution in [2.45, 2.75) is 26.2 Å². The minimum Gasteiger partial charge on any atom is -0.481 e. The Labute approximate surface area is 72.4 Å². The SMILES string of the molecule is CC1CCCC1C(CO)C(=O)O. The van der Waals surface area contributed by atoms with E-state index in [-0.39, 0.29) is 12.5 Å². The van der Waals surface area contributed by atoms with Gasteiger partial charge in [0.1, 0.15) is 0 Å². The third-order valence-electron chi connectivity index (χ3n) is 2.96. The van der Waals surface area contributed by atoms with Gasteiger partial charge in [0, 0.05) is 0 Å². The fraction of sp³-hybridized carbons (Fsp3) is 0.889. The van der Waals surface area contributed by atoms with E-state index in [1.807, 2.05) is 0 Å². The van der Waals surface area contributed by atoms with Crippen LogP contribution in [0.2, 0.25) is 0 Å². The molecule has 0 amide bonds. The summed E-state index contributed by atoms with van der Waals surface area (Å²) in [4.78, 5) is 10.7. The van der Waals surface area contributed by atoms with E-state index in [1.54, 1.807) is 0 Å². The molecule has 0 radical (unpaired) electrons. The Bertz CT molecular complexity index is 167. The lowest BCUT2D eigenvalue weighted by Crippen LogP contribution is -2.28. The zero-order valence-corrected chi connectivity index (χ0v) is 7.36. The number of hydrogen-bond donors (Lipinski definition) is 2. The van der Waals surface area contributed by atoms with Crippen molar-refractivity contribution >= 4 is 5.97 Å². The van der Waals surface area contributed by atoms with Crippen LogP contribution in [0.4, 0.5) is 0 Å². The maximum atomic E-state index is 10.7. The van der Waals surface area contributed by atoms with Crippen LogP contribution in [0.25, 0.3) is 0 Å². The van der Waals surface area contributed by atoms with Gasteiger partial charge in [0.25, 0.3) is 0 Å². The average molecular weight is 172 g/mol. The molecule has 0 aromatic rings. The van der Waals surface area contributed by atoms with Crippen molar-refractivity contribution in [3.8, 4) is 0 Å². The van der Waals surface area contributed by atoms with E-state index < -0.39 is 11.9 Å². The smallest absolute Gasteiger partial charge is 0.309 e. The van der Waals surface area contributed by atoms with E-state index >= 15 is 0 Å². The van der Waals surface area contributed by atoms with Gasteiger partial charge in [-0.2, -0.15) is 0 Å². The first-order valence-corrected chi connectivity index (χ1v) is 4.50. The molecule has 0 spiro atoms. The predicted octanol–water partition coefficient (Wildman–Crippen LogP) is 1.12. The summed E-state index contributed by atoms with van der Waals surface area (Å²) in [6.07, 6.45) is 3.17. The number of aliphatic hydroxyl groups is 1. The van der Waals surface area contributed by atoms with Gasteiger partial charge in [0.05, 0.1) is 12.5 Å². The molecule has 3 atom stereocenters. The summed E-state index contributed by atoms with van der Waals surface area (Å²) in [6, 6.07) is 0. The molecule has 1 saturated carbocycles. The predicted molar refractivity (Wildman–Crippen MR) is 44.7 cm³/mol. The molecule has 0 bridgehead atoms. The summed E-state index contributed by atoms with van der Waals surface area (Å²) in [6.45, 7) is 1.85. The number of aliphatic carboxylic acids is 1. The highest BCUT2D eigenvalue weighted by atomic mass is 16.4. The van der Waals surface area contributed by atoms with E-state index in [9.17, 15) is 4.79 Å². The summed E-state index contributed by atoms with van der Waals surface area (Å²) in [7, 11) is 0. The van der Waals surface area contributed by atoms with E-state index in [0.29, 0.717) is 5.92 Å². The zero-order chi connectivity index (χ0) is 9.14. The zero-order valence-electron chi connectivity index (χ0n) is 7.36. The standard InChI is InChI=1S/C9H16O3/c1-6-3-2-4-7(6)8(5-10)9(11)12/h6-8,10H,2-5H2,1H3,(H,11,12). The molecular weight excluding hydrogens is 156 g/mol. The molecular formula is C9H16O3. The Morgan fingerprint density at radius 1 is 1.58 bits per heavy atom. The lowest BCUT2D eigenvalue weighted by molar-refractivity contribution is -0.145. The lowest BCUT2D eigenvalue weighted by atomic mass is 9.85. The normalized spacial score (nSPS) is 31.8. The largest absolute Gasteiger partial charge is 0.481 e. The fourth-order valence-electron chi connectivity index (χ4n) is 2.17. The van der Waals surface area contributed by atoms with Crippen LogP contribution in [0.1, 0.15) is 26.2 Å². The van der Waals surface area contributed by atoms with Gasteiger partial charge in [-0.3, -0.25) is 4.79 Å². The van der Waals surface area contributed by atoms with E-state index in [0.717, 1.165) is 19.3 Å². The molecule has 70 valence electrons. The van der Waals surface area contributed by atoms with Crippen LogP contribution in [0.5, 0.6) is 0 Å². The second-order valence-electron chi connectivity index (χ2n) is 3.70. The quantitative estimate of drug-likeness (QED) is 0.670. The van der Waals surface area contributed by atoms with Crippen LogP contribution in [-0.2, 0) is 4.79 Å². The molecule has 1 rings (SSSR count). The molecule has 3 nitrogen and oxygen atoms in total. The summed E-state index contributed by atoms with van der Waals surface area (Å²) < 4.78 is 0. The van der Waals surface area contributed by atoms with Crippen LogP contribution < -0.4 is 0 Å². The highest BCUT2D eigenvalue weighted by Crippen LogP contribution is 2.36. The fourth-order valence-corrected chi connectivity index (χ4v) is 2.17. The van der Waals surface area contributed by atoms with Gasteiger partial charge >= 0.3 is 5.97 Å². The molecule has 1 aliphatic carbocycles. The van der Waals surface area contributed by atoms with Crippen LogP contribution >= 0.6 is 0 Å². The third kappa shape index (κ3) is 1.78. The van der Waals surface area contributed by atoms with E-state index in [2.05, 4.69) is 6.92 Å². The van der Waals surface area contributed by atoms with Gasteiger partial charge < -0.3 is 10.2 Å². The maximum absolute atomic E-state index is 10.7. The molecule has 0 aromatic heterocycles. The number of hydrogen-bond acceptors (Lipinski definition) is 2. The summed E-state index contributed by atoms with van der Waals surface area (Å²) in [5, 5.41) is 17.7. The number of carboxylic acids is 1. The van der Waals surface area contributed by atoms with Crippen molar-refractivity contribution in [2.24, 2.45) is 17.8 Å². The molecule has 2 N–H and O–H groups in total. The molecule has 0 saturated heterocycles. The van der Waals surface area contributed by atoms with Crippen molar-refractivity contribution in [2.75, 3.05) is 6.61 Å². The first-order valence-electron chi connectivity index (χ1n) is 4.50. The minimum absolute atomic E-state index is 0.187. The molecule has 0 aromatic carbocycles. The van der Waals surface area contributed by atoms with Gasteiger partial charge in [0.15, 0.2) is 0 Å². The molecule has 0 heterocycles. The van der Waals surface area contributed by atoms with Gasteiger partial charge in [-0.25, -0.2) is 0 Å².